The van der Waals surface area contributed by atoms with Crippen molar-refractivity contribution in [2.75, 3.05) is 19.6 Å². The summed E-state index contributed by atoms with van der Waals surface area (Å²) in [5.41, 5.74) is 0.513. The van der Waals surface area contributed by atoms with Crippen LogP contribution in [0.4, 0.5) is 0 Å². The van der Waals surface area contributed by atoms with E-state index in [-0.39, 0.29) is 0 Å². The van der Waals surface area contributed by atoms with E-state index in [0.29, 0.717) is 11.6 Å². The molecule has 0 aromatic heterocycles. The van der Waals surface area contributed by atoms with Gasteiger partial charge < -0.3 is 5.32 Å². The topological polar surface area (TPSA) is 15.3 Å². The van der Waals surface area contributed by atoms with Crippen LogP contribution in [0.1, 0.15) is 65.7 Å². The number of nitrogens with one attached hydrogen (secondary N) is 1. The van der Waals surface area contributed by atoms with Crippen molar-refractivity contribution in [2.24, 2.45) is 5.92 Å². The summed E-state index contributed by atoms with van der Waals surface area (Å²) in [6, 6.07) is 0.703. The van der Waals surface area contributed by atoms with Crippen molar-refractivity contribution in [2.45, 2.75) is 77.3 Å². The van der Waals surface area contributed by atoms with Crippen LogP contribution in [0.15, 0.2) is 0 Å². The Bertz CT molecular complexity index is 243. The molecule has 0 amide bonds. The van der Waals surface area contributed by atoms with Gasteiger partial charge in [-0.2, -0.15) is 0 Å². The van der Waals surface area contributed by atoms with Gasteiger partial charge in [0.1, 0.15) is 0 Å². The lowest BCUT2D eigenvalue weighted by Crippen LogP contribution is -2.66. The zero-order valence-corrected chi connectivity index (χ0v) is 12.7. The summed E-state index contributed by atoms with van der Waals surface area (Å²) in [4.78, 5) is 2.86. The van der Waals surface area contributed by atoms with Crippen LogP contribution in [-0.4, -0.2) is 36.1 Å². The van der Waals surface area contributed by atoms with Gasteiger partial charge in [0.05, 0.1) is 0 Å². The Morgan fingerprint density at radius 3 is 2.56 bits per heavy atom. The van der Waals surface area contributed by atoms with Crippen LogP contribution in [0.25, 0.3) is 0 Å². The molecule has 2 aliphatic rings. The first-order chi connectivity index (χ1) is 8.68. The average molecular weight is 252 g/mol. The molecule has 0 aromatic rings. The monoisotopic (exact) mass is 252 g/mol. The summed E-state index contributed by atoms with van der Waals surface area (Å²) in [5.74, 6) is 0.759. The molecule has 1 unspecified atom stereocenters. The van der Waals surface area contributed by atoms with E-state index in [1.165, 1.54) is 64.6 Å². The Kier molecular flexibility index (Phi) is 5.08. The Morgan fingerprint density at radius 1 is 1.22 bits per heavy atom. The van der Waals surface area contributed by atoms with Gasteiger partial charge in [-0.1, -0.05) is 46.5 Å². The minimum Gasteiger partial charge on any atom is -0.311 e. The number of hydrogen-bond acceptors (Lipinski definition) is 2. The normalized spacial score (nSPS) is 29.0. The molecule has 1 N–H and O–H groups in total. The molecule has 1 aliphatic carbocycles. The van der Waals surface area contributed by atoms with Crippen LogP contribution in [0.2, 0.25) is 0 Å². The molecule has 106 valence electrons. The third-order valence-corrected chi connectivity index (χ3v) is 5.15. The summed E-state index contributed by atoms with van der Waals surface area (Å²) in [6.07, 6.45) is 9.88. The van der Waals surface area contributed by atoms with Gasteiger partial charge in [0.15, 0.2) is 0 Å². The lowest BCUT2D eigenvalue weighted by atomic mass is 9.77. The first-order valence-corrected chi connectivity index (χ1v) is 8.16. The summed E-state index contributed by atoms with van der Waals surface area (Å²) >= 11 is 0. The van der Waals surface area contributed by atoms with Crippen LogP contribution in [0.5, 0.6) is 0 Å². The Hall–Kier alpha value is -0.0800. The fourth-order valence-corrected chi connectivity index (χ4v) is 3.76. The number of piperazine rings is 1. The molecular formula is C16H32N2. The van der Waals surface area contributed by atoms with Gasteiger partial charge in [-0.3, -0.25) is 4.90 Å². The lowest BCUT2D eigenvalue weighted by molar-refractivity contribution is 0.00137. The first-order valence-electron chi connectivity index (χ1n) is 8.16. The van der Waals surface area contributed by atoms with Gasteiger partial charge in [-0.15, -0.1) is 0 Å². The van der Waals surface area contributed by atoms with Crippen molar-refractivity contribution < 1.29 is 0 Å². The molecule has 1 saturated carbocycles. The molecule has 1 spiro atoms. The molecule has 0 aromatic carbocycles. The zero-order valence-electron chi connectivity index (χ0n) is 12.7. The second-order valence-corrected chi connectivity index (χ2v) is 6.82. The van der Waals surface area contributed by atoms with Gasteiger partial charge in [-0.05, 0) is 31.7 Å². The molecule has 0 bridgehead atoms. The smallest absolute Gasteiger partial charge is 0.0334 e. The van der Waals surface area contributed by atoms with E-state index >= 15 is 0 Å². The quantitative estimate of drug-likeness (QED) is 0.825. The highest BCUT2D eigenvalue weighted by Crippen LogP contribution is 2.36. The number of nitrogens with zero attached hydrogens (tertiary/aromatic N) is 1. The zero-order chi connectivity index (χ0) is 13.0. The Morgan fingerprint density at radius 2 is 1.94 bits per heavy atom. The molecule has 2 rings (SSSR count). The minimum absolute atomic E-state index is 0.513. The van der Waals surface area contributed by atoms with Crippen molar-refractivity contribution >= 4 is 0 Å². The van der Waals surface area contributed by atoms with Gasteiger partial charge in [0, 0.05) is 24.7 Å². The molecular weight excluding hydrogens is 220 g/mol. The van der Waals surface area contributed by atoms with Gasteiger partial charge in [0.2, 0.25) is 0 Å². The second kappa shape index (κ2) is 6.38. The third-order valence-electron chi connectivity index (χ3n) is 5.15. The Labute approximate surface area is 114 Å². The lowest BCUT2D eigenvalue weighted by Gasteiger charge is -2.53. The molecule has 1 saturated heterocycles. The van der Waals surface area contributed by atoms with Crippen LogP contribution in [0, 0.1) is 5.92 Å². The molecule has 1 atom stereocenters. The maximum atomic E-state index is 3.84. The second-order valence-electron chi connectivity index (χ2n) is 6.82. The fraction of sp³-hybridized carbons (Fsp3) is 1.00. The van der Waals surface area contributed by atoms with Gasteiger partial charge in [-0.25, -0.2) is 0 Å². The maximum Gasteiger partial charge on any atom is 0.0334 e. The largest absolute Gasteiger partial charge is 0.311 e. The number of hydrogen-bond donors (Lipinski definition) is 1. The van der Waals surface area contributed by atoms with E-state index in [0.717, 1.165) is 5.92 Å². The molecule has 2 fully saturated rings. The van der Waals surface area contributed by atoms with Crippen molar-refractivity contribution in [1.82, 2.24) is 10.2 Å². The van der Waals surface area contributed by atoms with Crippen LogP contribution < -0.4 is 5.32 Å². The Balaban J connectivity index is 2.03. The predicted molar refractivity (Wildman–Crippen MR) is 78.9 cm³/mol. The molecule has 2 heteroatoms. The highest BCUT2D eigenvalue weighted by atomic mass is 15.3. The molecule has 1 heterocycles. The van der Waals surface area contributed by atoms with Crippen LogP contribution in [-0.2, 0) is 0 Å². The highest BCUT2D eigenvalue weighted by Gasteiger charge is 2.42. The summed E-state index contributed by atoms with van der Waals surface area (Å²) in [5, 5.41) is 3.84. The van der Waals surface area contributed by atoms with Crippen molar-refractivity contribution in [3.8, 4) is 0 Å². The van der Waals surface area contributed by atoms with E-state index in [1.54, 1.807) is 0 Å². The van der Waals surface area contributed by atoms with Crippen molar-refractivity contribution in [3.63, 3.8) is 0 Å². The van der Waals surface area contributed by atoms with E-state index < -0.39 is 0 Å². The van der Waals surface area contributed by atoms with Crippen LogP contribution >= 0.6 is 0 Å². The standard InChI is InChI=1S/C16H32N2/c1-4-5-11-18-12-15(14(2)3)17-13-16(18)9-7-6-8-10-16/h14-15,17H,4-13H2,1-3H3. The SMILES string of the molecule is CCCCN1CC(C(C)C)NCC12CCCCC2. The highest BCUT2D eigenvalue weighted by molar-refractivity contribution is 5.00. The summed E-state index contributed by atoms with van der Waals surface area (Å²) in [6.45, 7) is 10.9. The van der Waals surface area contributed by atoms with E-state index in [9.17, 15) is 0 Å². The molecule has 0 radical (unpaired) electrons. The number of unbranched alkanes of at least 4 members (excludes halogenated alkanes) is 1. The van der Waals surface area contributed by atoms with Crippen molar-refractivity contribution in [1.29, 1.82) is 0 Å². The first kappa shape index (κ1) is 14.3. The molecule has 18 heavy (non-hydrogen) atoms. The summed E-state index contributed by atoms with van der Waals surface area (Å²) < 4.78 is 0. The maximum absolute atomic E-state index is 3.84. The molecule has 1 aliphatic heterocycles. The minimum atomic E-state index is 0.513. The molecule has 2 nitrogen and oxygen atoms in total. The van der Waals surface area contributed by atoms with E-state index in [2.05, 4.69) is 31.0 Å². The van der Waals surface area contributed by atoms with Gasteiger partial charge in [0.25, 0.3) is 0 Å². The average Bonchev–Trinajstić information content (AvgIpc) is 2.38. The summed E-state index contributed by atoms with van der Waals surface area (Å²) in [7, 11) is 0. The van der Waals surface area contributed by atoms with E-state index in [1.807, 2.05) is 0 Å². The van der Waals surface area contributed by atoms with Crippen LogP contribution in [0.3, 0.4) is 0 Å². The van der Waals surface area contributed by atoms with E-state index in [4.69, 9.17) is 0 Å². The number of rotatable bonds is 4. The van der Waals surface area contributed by atoms with Gasteiger partial charge >= 0.3 is 0 Å². The van der Waals surface area contributed by atoms with Crippen molar-refractivity contribution in [3.05, 3.63) is 0 Å². The predicted octanol–water partition coefficient (Wildman–Crippen LogP) is 3.42. The third kappa shape index (κ3) is 3.08. The fourth-order valence-electron chi connectivity index (χ4n) is 3.76.